The number of benzene rings is 2. The summed E-state index contributed by atoms with van der Waals surface area (Å²) >= 11 is 1.67. The summed E-state index contributed by atoms with van der Waals surface area (Å²) in [6.07, 6.45) is 0. The van der Waals surface area contributed by atoms with Gasteiger partial charge in [-0.05, 0) is 17.7 Å². The minimum atomic E-state index is -0.0630. The van der Waals surface area contributed by atoms with Crippen LogP contribution in [-0.2, 0) is 17.9 Å². The third-order valence-corrected chi connectivity index (χ3v) is 6.30. The summed E-state index contributed by atoms with van der Waals surface area (Å²) < 4.78 is 0. The van der Waals surface area contributed by atoms with Crippen molar-refractivity contribution in [1.29, 1.82) is 0 Å². The number of aromatic nitrogens is 1. The van der Waals surface area contributed by atoms with Crippen LogP contribution < -0.4 is 5.32 Å². The van der Waals surface area contributed by atoms with E-state index in [1.165, 1.54) is 6.92 Å². The van der Waals surface area contributed by atoms with Crippen LogP contribution in [0.25, 0.3) is 10.6 Å². The van der Waals surface area contributed by atoms with Crippen LogP contribution in [0, 0.1) is 0 Å². The first-order valence-electron chi connectivity index (χ1n) is 10.4. The number of amides is 2. The summed E-state index contributed by atoms with van der Waals surface area (Å²) in [7, 11) is 0. The van der Waals surface area contributed by atoms with E-state index < -0.39 is 0 Å². The molecule has 2 heterocycles. The van der Waals surface area contributed by atoms with E-state index >= 15 is 0 Å². The van der Waals surface area contributed by atoms with Crippen LogP contribution in [0.1, 0.15) is 28.5 Å². The molecular weight excluding hydrogens is 408 g/mol. The lowest BCUT2D eigenvalue weighted by Gasteiger charge is -2.34. The number of rotatable bonds is 6. The predicted octanol–water partition coefficient (Wildman–Crippen LogP) is 3.40. The number of thiazole rings is 1. The van der Waals surface area contributed by atoms with Crippen molar-refractivity contribution in [1.82, 2.24) is 20.1 Å². The monoisotopic (exact) mass is 434 g/mol. The number of nitrogens with zero attached hydrogens (tertiary/aromatic N) is 3. The molecule has 1 saturated heterocycles. The molecule has 0 unspecified atom stereocenters. The van der Waals surface area contributed by atoms with E-state index in [4.69, 9.17) is 4.98 Å². The molecule has 1 fully saturated rings. The van der Waals surface area contributed by atoms with Crippen LogP contribution in [0.4, 0.5) is 0 Å². The Morgan fingerprint density at radius 3 is 2.39 bits per heavy atom. The van der Waals surface area contributed by atoms with Gasteiger partial charge in [-0.3, -0.25) is 14.5 Å². The Morgan fingerprint density at radius 2 is 1.71 bits per heavy atom. The normalized spacial score (nSPS) is 14.4. The van der Waals surface area contributed by atoms with Crippen LogP contribution in [0.5, 0.6) is 0 Å². The van der Waals surface area contributed by atoms with Crippen LogP contribution >= 0.6 is 11.3 Å². The number of nitrogens with one attached hydrogen (secondary N) is 1. The Balaban J connectivity index is 1.28. The molecule has 31 heavy (non-hydrogen) atoms. The van der Waals surface area contributed by atoms with Gasteiger partial charge in [0.25, 0.3) is 5.91 Å². The number of hydrogen-bond acceptors (Lipinski definition) is 5. The molecule has 0 atom stereocenters. The third-order valence-electron chi connectivity index (χ3n) is 5.36. The number of carbonyl (C=O) groups excluding carboxylic acids is 2. The maximum absolute atomic E-state index is 12.8. The molecule has 3 aromatic rings. The lowest BCUT2D eigenvalue weighted by atomic mass is 10.1. The quantitative estimate of drug-likeness (QED) is 0.646. The molecule has 0 aliphatic carbocycles. The molecular formula is C24H26N4O2S. The minimum absolute atomic E-state index is 0.0609. The van der Waals surface area contributed by atoms with E-state index in [9.17, 15) is 9.59 Å². The zero-order valence-corrected chi connectivity index (χ0v) is 18.4. The molecule has 4 rings (SSSR count). The standard InChI is InChI=1S/C24H26N4O2S/c1-18(29)25-15-19-7-9-21(10-8-19)24(30)28-13-11-27(12-14-28)16-22-17-31-23(26-22)20-5-3-2-4-6-20/h2-10,17H,11-16H2,1H3,(H,25,29). The van der Waals surface area contributed by atoms with E-state index in [-0.39, 0.29) is 11.8 Å². The Kier molecular flexibility index (Phi) is 6.74. The van der Waals surface area contributed by atoms with E-state index in [0.29, 0.717) is 25.2 Å². The van der Waals surface area contributed by atoms with E-state index in [2.05, 4.69) is 27.7 Å². The second-order valence-corrected chi connectivity index (χ2v) is 8.54. The Labute approximate surface area is 186 Å². The van der Waals surface area contributed by atoms with Crippen LogP contribution in [0.15, 0.2) is 60.0 Å². The second kappa shape index (κ2) is 9.85. The van der Waals surface area contributed by atoms with Crippen LogP contribution in [0.2, 0.25) is 0 Å². The molecule has 0 bridgehead atoms. The number of hydrogen-bond donors (Lipinski definition) is 1. The first-order valence-corrected chi connectivity index (χ1v) is 11.3. The SMILES string of the molecule is CC(=O)NCc1ccc(C(=O)N2CCN(Cc3csc(-c4ccccc4)n3)CC2)cc1. The zero-order valence-electron chi connectivity index (χ0n) is 17.6. The van der Waals surface area contributed by atoms with Crippen molar-refractivity contribution in [3.05, 3.63) is 76.8 Å². The van der Waals surface area contributed by atoms with Gasteiger partial charge >= 0.3 is 0 Å². The van der Waals surface area contributed by atoms with Gasteiger partial charge in [-0.15, -0.1) is 11.3 Å². The first kappa shape index (κ1) is 21.2. The highest BCUT2D eigenvalue weighted by molar-refractivity contribution is 7.13. The highest BCUT2D eigenvalue weighted by Gasteiger charge is 2.22. The Morgan fingerprint density at radius 1 is 1.00 bits per heavy atom. The van der Waals surface area contributed by atoms with Crippen molar-refractivity contribution < 1.29 is 9.59 Å². The first-order chi connectivity index (χ1) is 15.1. The summed E-state index contributed by atoms with van der Waals surface area (Å²) in [5.74, 6) is -0.00212. The molecule has 1 aromatic heterocycles. The molecule has 1 aliphatic rings. The van der Waals surface area contributed by atoms with Gasteiger partial charge in [0.1, 0.15) is 5.01 Å². The van der Waals surface area contributed by atoms with Gasteiger partial charge in [-0.1, -0.05) is 42.5 Å². The lowest BCUT2D eigenvalue weighted by molar-refractivity contribution is -0.119. The van der Waals surface area contributed by atoms with Crippen molar-refractivity contribution in [2.45, 2.75) is 20.0 Å². The fourth-order valence-corrected chi connectivity index (χ4v) is 4.42. The minimum Gasteiger partial charge on any atom is -0.352 e. The summed E-state index contributed by atoms with van der Waals surface area (Å²) in [5.41, 5.74) is 3.90. The van der Waals surface area contributed by atoms with Gasteiger partial charge in [0.15, 0.2) is 0 Å². The molecule has 0 spiro atoms. The fraction of sp³-hybridized carbons (Fsp3) is 0.292. The maximum Gasteiger partial charge on any atom is 0.253 e. The van der Waals surface area contributed by atoms with E-state index in [1.807, 2.05) is 47.4 Å². The zero-order chi connectivity index (χ0) is 21.6. The average molecular weight is 435 g/mol. The largest absolute Gasteiger partial charge is 0.352 e. The number of carbonyl (C=O) groups is 2. The summed E-state index contributed by atoms with van der Waals surface area (Å²) in [5, 5.41) is 5.94. The summed E-state index contributed by atoms with van der Waals surface area (Å²) in [4.78, 5) is 32.9. The molecule has 2 aromatic carbocycles. The molecule has 0 radical (unpaired) electrons. The second-order valence-electron chi connectivity index (χ2n) is 7.69. The third kappa shape index (κ3) is 5.57. The molecule has 6 nitrogen and oxygen atoms in total. The Hall–Kier alpha value is -3.03. The van der Waals surface area contributed by atoms with Gasteiger partial charge in [0, 0.05) is 62.7 Å². The Bertz CT molecular complexity index is 1030. The van der Waals surface area contributed by atoms with Gasteiger partial charge < -0.3 is 10.2 Å². The molecule has 0 saturated carbocycles. The van der Waals surface area contributed by atoms with Crippen molar-refractivity contribution in [3.8, 4) is 10.6 Å². The van der Waals surface area contributed by atoms with E-state index in [0.717, 1.165) is 41.5 Å². The highest BCUT2D eigenvalue weighted by Crippen LogP contribution is 2.24. The maximum atomic E-state index is 12.8. The van der Waals surface area contributed by atoms with Crippen molar-refractivity contribution in [2.75, 3.05) is 26.2 Å². The van der Waals surface area contributed by atoms with Crippen molar-refractivity contribution in [3.63, 3.8) is 0 Å². The molecule has 2 amide bonds. The predicted molar refractivity (Wildman–Crippen MR) is 123 cm³/mol. The fourth-order valence-electron chi connectivity index (χ4n) is 3.61. The van der Waals surface area contributed by atoms with Crippen molar-refractivity contribution >= 4 is 23.2 Å². The number of piperazine rings is 1. The molecule has 160 valence electrons. The van der Waals surface area contributed by atoms with Crippen molar-refractivity contribution in [2.24, 2.45) is 0 Å². The topological polar surface area (TPSA) is 65.5 Å². The summed E-state index contributed by atoms with van der Waals surface area (Å²) in [6.45, 7) is 5.88. The highest BCUT2D eigenvalue weighted by atomic mass is 32.1. The summed E-state index contributed by atoms with van der Waals surface area (Å²) in [6, 6.07) is 17.7. The van der Waals surface area contributed by atoms with Crippen LogP contribution in [0.3, 0.4) is 0 Å². The molecule has 1 aliphatic heterocycles. The van der Waals surface area contributed by atoms with Gasteiger partial charge in [0.2, 0.25) is 5.91 Å². The van der Waals surface area contributed by atoms with E-state index in [1.54, 1.807) is 11.3 Å². The lowest BCUT2D eigenvalue weighted by Crippen LogP contribution is -2.48. The van der Waals surface area contributed by atoms with Crippen LogP contribution in [-0.4, -0.2) is 52.8 Å². The average Bonchev–Trinajstić information content (AvgIpc) is 3.27. The molecule has 1 N–H and O–H groups in total. The van der Waals surface area contributed by atoms with Gasteiger partial charge in [0.05, 0.1) is 5.69 Å². The smallest absolute Gasteiger partial charge is 0.253 e. The molecule has 7 heteroatoms. The van der Waals surface area contributed by atoms with Gasteiger partial charge in [-0.25, -0.2) is 4.98 Å². The van der Waals surface area contributed by atoms with Gasteiger partial charge in [-0.2, -0.15) is 0 Å².